The van der Waals surface area contributed by atoms with Gasteiger partial charge >= 0.3 is 0 Å². The van der Waals surface area contributed by atoms with Crippen molar-refractivity contribution in [3.05, 3.63) is 46.5 Å². The van der Waals surface area contributed by atoms with Crippen molar-refractivity contribution in [3.63, 3.8) is 0 Å². The number of rotatable bonds is 2. The molecule has 0 unspecified atom stereocenters. The van der Waals surface area contributed by atoms with Crippen molar-refractivity contribution < 1.29 is 9.18 Å². The molecule has 3 heteroatoms. The van der Waals surface area contributed by atoms with Crippen LogP contribution in [-0.2, 0) is 6.67 Å². The van der Waals surface area contributed by atoms with E-state index in [1.165, 1.54) is 0 Å². The molecule has 0 aliphatic heterocycles. The number of carbonyl (C=O) groups excluding carboxylic acids is 1. The summed E-state index contributed by atoms with van der Waals surface area (Å²) in [6.07, 6.45) is 0.662. The molecule has 0 radical (unpaired) electrons. The van der Waals surface area contributed by atoms with Gasteiger partial charge in [0.1, 0.15) is 13.0 Å². The van der Waals surface area contributed by atoms with Gasteiger partial charge in [0.2, 0.25) is 0 Å². The van der Waals surface area contributed by atoms with E-state index in [0.717, 1.165) is 5.39 Å². The zero-order valence-electron chi connectivity index (χ0n) is 7.84. The maximum absolute atomic E-state index is 12.8. The number of hydrogen-bond acceptors (Lipinski definition) is 1. The third-order valence-corrected chi connectivity index (χ3v) is 2.63. The van der Waals surface area contributed by atoms with Crippen LogP contribution in [0.5, 0.6) is 0 Å². The minimum atomic E-state index is -0.661. The largest absolute Gasteiger partial charge is 0.298 e. The van der Waals surface area contributed by atoms with E-state index in [9.17, 15) is 9.18 Å². The van der Waals surface area contributed by atoms with Crippen LogP contribution in [0.15, 0.2) is 30.3 Å². The number of benzene rings is 2. The van der Waals surface area contributed by atoms with Crippen LogP contribution in [0.4, 0.5) is 4.39 Å². The van der Waals surface area contributed by atoms with Crippen molar-refractivity contribution in [2.45, 2.75) is 6.67 Å². The van der Waals surface area contributed by atoms with Gasteiger partial charge in [-0.3, -0.25) is 4.79 Å². The zero-order valence-corrected chi connectivity index (χ0v) is 8.59. The average molecular weight is 223 g/mol. The Kier molecular flexibility index (Phi) is 2.69. The van der Waals surface area contributed by atoms with E-state index >= 15 is 0 Å². The van der Waals surface area contributed by atoms with Crippen LogP contribution in [-0.4, -0.2) is 6.29 Å². The van der Waals surface area contributed by atoms with Gasteiger partial charge in [-0.1, -0.05) is 29.8 Å². The number of aldehydes is 1. The molecule has 2 aromatic carbocycles. The van der Waals surface area contributed by atoms with E-state index < -0.39 is 6.67 Å². The molecule has 0 amide bonds. The monoisotopic (exact) mass is 222 g/mol. The molecule has 0 saturated carbocycles. The van der Waals surface area contributed by atoms with E-state index in [0.29, 0.717) is 27.8 Å². The lowest BCUT2D eigenvalue weighted by atomic mass is 10.0. The van der Waals surface area contributed by atoms with Crippen molar-refractivity contribution in [2.24, 2.45) is 0 Å². The lowest BCUT2D eigenvalue weighted by molar-refractivity contribution is 0.112. The fourth-order valence-corrected chi connectivity index (χ4v) is 1.80. The summed E-state index contributed by atoms with van der Waals surface area (Å²) in [7, 11) is 0. The molecule has 0 fully saturated rings. The molecule has 76 valence electrons. The second-order valence-electron chi connectivity index (χ2n) is 3.25. The van der Waals surface area contributed by atoms with Gasteiger partial charge in [-0.05, 0) is 22.9 Å². The maximum Gasteiger partial charge on any atom is 0.150 e. The SMILES string of the molecule is O=Cc1ccc2ccc(Cl)cc2c1CF. The summed E-state index contributed by atoms with van der Waals surface area (Å²) in [5, 5.41) is 2.13. The molecule has 0 aliphatic carbocycles. The lowest BCUT2D eigenvalue weighted by Gasteiger charge is -2.06. The first-order valence-electron chi connectivity index (χ1n) is 4.48. The van der Waals surface area contributed by atoms with Crippen molar-refractivity contribution in [2.75, 3.05) is 0 Å². The summed E-state index contributed by atoms with van der Waals surface area (Å²) in [6, 6.07) is 8.64. The van der Waals surface area contributed by atoms with E-state index in [1.807, 2.05) is 6.07 Å². The topological polar surface area (TPSA) is 17.1 Å². The number of hydrogen-bond donors (Lipinski definition) is 0. The minimum absolute atomic E-state index is 0.382. The van der Waals surface area contributed by atoms with Crippen LogP contribution in [0.25, 0.3) is 10.8 Å². The first kappa shape index (κ1) is 10.1. The molecule has 0 spiro atoms. The minimum Gasteiger partial charge on any atom is -0.298 e. The van der Waals surface area contributed by atoms with Gasteiger partial charge < -0.3 is 0 Å². The molecule has 0 bridgehead atoms. The molecule has 0 aromatic heterocycles. The number of alkyl halides is 1. The van der Waals surface area contributed by atoms with Crippen molar-refractivity contribution >= 4 is 28.7 Å². The Morgan fingerprint density at radius 2 is 2.00 bits per heavy atom. The van der Waals surface area contributed by atoms with Crippen LogP contribution in [0.2, 0.25) is 5.02 Å². The molecular formula is C12H8ClFO. The highest BCUT2D eigenvalue weighted by Crippen LogP contribution is 2.25. The van der Waals surface area contributed by atoms with Gasteiger partial charge in [-0.25, -0.2) is 4.39 Å². The van der Waals surface area contributed by atoms with Gasteiger partial charge in [-0.15, -0.1) is 0 Å². The Morgan fingerprint density at radius 1 is 1.27 bits per heavy atom. The Labute approximate surface area is 91.5 Å². The van der Waals surface area contributed by atoms with E-state index in [2.05, 4.69) is 0 Å². The van der Waals surface area contributed by atoms with Crippen LogP contribution < -0.4 is 0 Å². The quantitative estimate of drug-likeness (QED) is 0.707. The normalized spacial score (nSPS) is 10.5. The molecule has 1 nitrogen and oxygen atoms in total. The van der Waals surface area contributed by atoms with Crippen LogP contribution >= 0.6 is 11.6 Å². The summed E-state index contributed by atoms with van der Waals surface area (Å²) in [6.45, 7) is -0.661. The van der Waals surface area contributed by atoms with Crippen LogP contribution in [0.1, 0.15) is 15.9 Å². The lowest BCUT2D eigenvalue weighted by Crippen LogP contribution is -1.91. The second-order valence-corrected chi connectivity index (χ2v) is 3.69. The molecular weight excluding hydrogens is 215 g/mol. The first-order chi connectivity index (χ1) is 7.26. The molecule has 0 atom stereocenters. The van der Waals surface area contributed by atoms with E-state index in [4.69, 9.17) is 11.6 Å². The average Bonchev–Trinajstić information content (AvgIpc) is 2.27. The van der Waals surface area contributed by atoms with E-state index in [-0.39, 0.29) is 0 Å². The third kappa shape index (κ3) is 1.73. The summed E-state index contributed by atoms with van der Waals surface area (Å²) in [4.78, 5) is 10.7. The standard InChI is InChI=1S/C12H8ClFO/c13-10-4-3-8-1-2-9(7-15)12(6-14)11(8)5-10/h1-5,7H,6H2. The van der Waals surface area contributed by atoms with Gasteiger partial charge in [0.25, 0.3) is 0 Å². The third-order valence-electron chi connectivity index (χ3n) is 2.39. The zero-order chi connectivity index (χ0) is 10.8. The van der Waals surface area contributed by atoms with Crippen molar-refractivity contribution in [3.8, 4) is 0 Å². The fraction of sp³-hybridized carbons (Fsp3) is 0.0833. The maximum atomic E-state index is 12.8. The Balaban J connectivity index is 2.84. The van der Waals surface area contributed by atoms with Crippen LogP contribution in [0.3, 0.4) is 0 Å². The molecule has 0 aliphatic rings. The highest BCUT2D eigenvalue weighted by atomic mass is 35.5. The van der Waals surface area contributed by atoms with Crippen LogP contribution in [0, 0.1) is 0 Å². The van der Waals surface area contributed by atoms with Crippen molar-refractivity contribution in [1.29, 1.82) is 0 Å². The highest BCUT2D eigenvalue weighted by Gasteiger charge is 2.07. The molecule has 2 rings (SSSR count). The molecule has 0 saturated heterocycles. The Morgan fingerprint density at radius 3 is 2.67 bits per heavy atom. The van der Waals surface area contributed by atoms with E-state index in [1.54, 1.807) is 24.3 Å². The number of halogens is 2. The molecule has 2 aromatic rings. The number of carbonyl (C=O) groups is 1. The summed E-state index contributed by atoms with van der Waals surface area (Å²) in [5.74, 6) is 0. The summed E-state index contributed by atoms with van der Waals surface area (Å²) < 4.78 is 12.8. The summed E-state index contributed by atoms with van der Waals surface area (Å²) >= 11 is 5.83. The Hall–Kier alpha value is -1.41. The molecule has 0 N–H and O–H groups in total. The van der Waals surface area contributed by atoms with Gasteiger partial charge in [0.15, 0.2) is 0 Å². The second kappa shape index (κ2) is 3.99. The number of fused-ring (bicyclic) bond motifs is 1. The van der Waals surface area contributed by atoms with Gasteiger partial charge in [0, 0.05) is 16.1 Å². The fourth-order valence-electron chi connectivity index (χ4n) is 1.63. The smallest absolute Gasteiger partial charge is 0.150 e. The van der Waals surface area contributed by atoms with Gasteiger partial charge in [-0.2, -0.15) is 0 Å². The Bertz CT molecular complexity index is 522. The first-order valence-corrected chi connectivity index (χ1v) is 4.86. The van der Waals surface area contributed by atoms with Crippen molar-refractivity contribution in [1.82, 2.24) is 0 Å². The molecule has 0 heterocycles. The van der Waals surface area contributed by atoms with Gasteiger partial charge in [0.05, 0.1) is 0 Å². The predicted molar refractivity (Wildman–Crippen MR) is 59.2 cm³/mol. The summed E-state index contributed by atoms with van der Waals surface area (Å²) in [5.41, 5.74) is 0.789. The predicted octanol–water partition coefficient (Wildman–Crippen LogP) is 3.78. The molecule has 15 heavy (non-hydrogen) atoms. The highest BCUT2D eigenvalue weighted by molar-refractivity contribution is 6.31.